The van der Waals surface area contributed by atoms with Crippen LogP contribution in [0, 0.1) is 0 Å². The van der Waals surface area contributed by atoms with Crippen molar-refractivity contribution in [2.45, 2.75) is 70.5 Å². The maximum absolute atomic E-state index is 9.78. The van der Waals surface area contributed by atoms with Crippen LogP contribution in [-0.2, 0) is 4.74 Å². The maximum Gasteiger partial charge on any atom is 0.0834 e. The van der Waals surface area contributed by atoms with E-state index in [0.29, 0.717) is 0 Å². The van der Waals surface area contributed by atoms with Gasteiger partial charge in [-0.2, -0.15) is 0 Å². The van der Waals surface area contributed by atoms with Gasteiger partial charge in [0.2, 0.25) is 0 Å². The average molecular weight is 200 g/mol. The summed E-state index contributed by atoms with van der Waals surface area (Å²) in [7, 11) is 0. The highest BCUT2D eigenvalue weighted by atomic mass is 16.5. The molecule has 1 saturated heterocycles. The van der Waals surface area contributed by atoms with Gasteiger partial charge in [-0.15, -0.1) is 0 Å². The number of ether oxygens (including phenoxy) is 1. The van der Waals surface area contributed by atoms with Gasteiger partial charge in [-0.05, 0) is 19.3 Å². The number of aliphatic hydroxyl groups excluding tert-OH is 1. The molecule has 0 spiro atoms. The van der Waals surface area contributed by atoms with Crippen LogP contribution in [0.4, 0.5) is 0 Å². The molecule has 0 radical (unpaired) electrons. The van der Waals surface area contributed by atoms with E-state index in [-0.39, 0.29) is 12.2 Å². The first kappa shape index (κ1) is 12.0. The van der Waals surface area contributed by atoms with Gasteiger partial charge < -0.3 is 9.84 Å². The largest absolute Gasteiger partial charge is 0.390 e. The van der Waals surface area contributed by atoms with Crippen LogP contribution in [0.5, 0.6) is 0 Å². The summed E-state index contributed by atoms with van der Waals surface area (Å²) in [5.74, 6) is 0. The van der Waals surface area contributed by atoms with Crippen molar-refractivity contribution in [1.29, 1.82) is 0 Å². The first-order valence-electron chi connectivity index (χ1n) is 6.14. The van der Waals surface area contributed by atoms with Crippen molar-refractivity contribution in [3.8, 4) is 0 Å². The van der Waals surface area contributed by atoms with Gasteiger partial charge >= 0.3 is 0 Å². The van der Waals surface area contributed by atoms with Gasteiger partial charge in [0.25, 0.3) is 0 Å². The van der Waals surface area contributed by atoms with E-state index >= 15 is 0 Å². The second-order valence-corrected chi connectivity index (χ2v) is 4.32. The Morgan fingerprint density at radius 2 is 2.07 bits per heavy atom. The van der Waals surface area contributed by atoms with Gasteiger partial charge in [-0.3, -0.25) is 0 Å². The summed E-state index contributed by atoms with van der Waals surface area (Å²) >= 11 is 0. The quantitative estimate of drug-likeness (QED) is 0.640. The smallest absolute Gasteiger partial charge is 0.0834 e. The van der Waals surface area contributed by atoms with Gasteiger partial charge in [0, 0.05) is 6.61 Å². The first-order valence-corrected chi connectivity index (χ1v) is 6.14. The van der Waals surface area contributed by atoms with Crippen molar-refractivity contribution in [2.24, 2.45) is 0 Å². The third kappa shape index (κ3) is 4.43. The van der Waals surface area contributed by atoms with Crippen LogP contribution < -0.4 is 0 Å². The zero-order chi connectivity index (χ0) is 10.2. The summed E-state index contributed by atoms with van der Waals surface area (Å²) in [4.78, 5) is 0. The Kier molecular flexibility index (Phi) is 6.20. The fourth-order valence-electron chi connectivity index (χ4n) is 2.05. The lowest BCUT2D eigenvalue weighted by atomic mass is 10.0. The predicted octanol–water partition coefficient (Wildman–Crippen LogP) is 2.89. The van der Waals surface area contributed by atoms with Crippen LogP contribution in [0.25, 0.3) is 0 Å². The zero-order valence-electron chi connectivity index (χ0n) is 9.37. The number of rotatable bonds is 7. The van der Waals surface area contributed by atoms with Gasteiger partial charge in [0.1, 0.15) is 0 Å². The minimum Gasteiger partial charge on any atom is -0.390 e. The Bertz CT molecular complexity index is 130. The monoisotopic (exact) mass is 200 g/mol. The van der Waals surface area contributed by atoms with E-state index in [0.717, 1.165) is 32.3 Å². The minimum atomic E-state index is -0.209. The van der Waals surface area contributed by atoms with Crippen LogP contribution in [0.2, 0.25) is 0 Å². The normalized spacial score (nSPS) is 24.0. The van der Waals surface area contributed by atoms with Gasteiger partial charge in [-0.25, -0.2) is 0 Å². The molecule has 2 atom stereocenters. The molecule has 1 aliphatic rings. The van der Waals surface area contributed by atoms with Crippen LogP contribution in [-0.4, -0.2) is 23.9 Å². The third-order valence-corrected chi connectivity index (χ3v) is 3.00. The summed E-state index contributed by atoms with van der Waals surface area (Å²) in [6.07, 6.45) is 9.38. The Labute approximate surface area is 87.7 Å². The Morgan fingerprint density at radius 3 is 2.71 bits per heavy atom. The van der Waals surface area contributed by atoms with E-state index in [4.69, 9.17) is 4.74 Å². The lowest BCUT2D eigenvalue weighted by Crippen LogP contribution is -2.24. The van der Waals surface area contributed by atoms with Gasteiger partial charge in [-0.1, -0.05) is 39.0 Å². The average Bonchev–Trinajstić information content (AvgIpc) is 2.70. The van der Waals surface area contributed by atoms with Crippen molar-refractivity contribution < 1.29 is 9.84 Å². The second-order valence-electron chi connectivity index (χ2n) is 4.32. The summed E-state index contributed by atoms with van der Waals surface area (Å²) < 4.78 is 5.44. The SMILES string of the molecule is CCCCCCCC(O)C1CCCO1. The summed E-state index contributed by atoms with van der Waals surface area (Å²) in [6.45, 7) is 3.07. The summed E-state index contributed by atoms with van der Waals surface area (Å²) in [5, 5.41) is 9.78. The van der Waals surface area contributed by atoms with E-state index < -0.39 is 0 Å². The number of unbranched alkanes of at least 4 members (excludes halogenated alkanes) is 4. The van der Waals surface area contributed by atoms with Crippen molar-refractivity contribution in [1.82, 2.24) is 0 Å². The highest BCUT2D eigenvalue weighted by molar-refractivity contribution is 4.73. The molecule has 0 saturated carbocycles. The summed E-state index contributed by atoms with van der Waals surface area (Å²) in [6, 6.07) is 0. The second kappa shape index (κ2) is 7.24. The standard InChI is InChI=1S/C12H24O2/c1-2-3-4-5-6-8-11(13)12-9-7-10-14-12/h11-13H,2-10H2,1H3. The van der Waals surface area contributed by atoms with Gasteiger partial charge in [0.05, 0.1) is 12.2 Å². The molecule has 84 valence electrons. The highest BCUT2D eigenvalue weighted by Gasteiger charge is 2.23. The molecule has 0 aromatic rings. The molecule has 1 aliphatic heterocycles. The van der Waals surface area contributed by atoms with Gasteiger partial charge in [0.15, 0.2) is 0 Å². The maximum atomic E-state index is 9.78. The van der Waals surface area contributed by atoms with E-state index in [1.54, 1.807) is 0 Å². The lowest BCUT2D eigenvalue weighted by molar-refractivity contribution is -0.00636. The Hall–Kier alpha value is -0.0800. The molecule has 2 heteroatoms. The first-order chi connectivity index (χ1) is 6.84. The number of hydrogen-bond acceptors (Lipinski definition) is 2. The molecule has 0 amide bonds. The van der Waals surface area contributed by atoms with E-state index in [2.05, 4.69) is 6.92 Å². The molecule has 0 bridgehead atoms. The molecular formula is C12H24O2. The van der Waals surface area contributed by atoms with Crippen LogP contribution in [0.1, 0.15) is 58.3 Å². The highest BCUT2D eigenvalue weighted by Crippen LogP contribution is 2.19. The number of aliphatic hydroxyl groups is 1. The van der Waals surface area contributed by atoms with Crippen molar-refractivity contribution in [2.75, 3.05) is 6.61 Å². The minimum absolute atomic E-state index is 0.140. The van der Waals surface area contributed by atoms with Crippen molar-refractivity contribution >= 4 is 0 Å². The van der Waals surface area contributed by atoms with E-state index in [9.17, 15) is 5.11 Å². The molecule has 1 heterocycles. The molecule has 1 N–H and O–H groups in total. The van der Waals surface area contributed by atoms with Crippen molar-refractivity contribution in [3.63, 3.8) is 0 Å². The van der Waals surface area contributed by atoms with E-state index in [1.807, 2.05) is 0 Å². The van der Waals surface area contributed by atoms with Crippen LogP contribution in [0.15, 0.2) is 0 Å². The van der Waals surface area contributed by atoms with E-state index in [1.165, 1.54) is 25.7 Å². The topological polar surface area (TPSA) is 29.5 Å². The summed E-state index contributed by atoms with van der Waals surface area (Å²) in [5.41, 5.74) is 0. The Morgan fingerprint density at radius 1 is 1.29 bits per heavy atom. The predicted molar refractivity (Wildman–Crippen MR) is 58.4 cm³/mol. The lowest BCUT2D eigenvalue weighted by Gasteiger charge is -2.16. The molecule has 2 unspecified atom stereocenters. The molecule has 14 heavy (non-hydrogen) atoms. The van der Waals surface area contributed by atoms with Crippen molar-refractivity contribution in [3.05, 3.63) is 0 Å². The molecular weight excluding hydrogens is 176 g/mol. The molecule has 2 nitrogen and oxygen atoms in total. The zero-order valence-corrected chi connectivity index (χ0v) is 9.37. The molecule has 0 aromatic heterocycles. The van der Waals surface area contributed by atoms with Crippen LogP contribution >= 0.6 is 0 Å². The molecule has 1 rings (SSSR count). The van der Waals surface area contributed by atoms with Crippen LogP contribution in [0.3, 0.4) is 0 Å². The molecule has 1 fully saturated rings. The molecule has 0 aromatic carbocycles. The molecule has 0 aliphatic carbocycles. The third-order valence-electron chi connectivity index (χ3n) is 3.00. The number of hydrogen-bond donors (Lipinski definition) is 1. The fraction of sp³-hybridized carbons (Fsp3) is 1.00. The fourth-order valence-corrected chi connectivity index (χ4v) is 2.05. The Balaban J connectivity index is 1.94.